The number of carbonyl (C=O) groups excluding carboxylic acids is 3. The summed E-state index contributed by atoms with van der Waals surface area (Å²) >= 11 is 0. The highest BCUT2D eigenvalue weighted by molar-refractivity contribution is 6.07. The Hall–Kier alpha value is -2.37. The quantitative estimate of drug-likeness (QED) is 0.824. The standard InChI is InChI=1S/C19H25N3O3/c1-21(2)14-9-7-13(8-10-14)11-20-17(23)12-22-18(24)15-5-3-4-6-16(15)19(22)25/h7-10,15-16H,3-6,11-12H2,1-2H3,(H,20,23). The number of likely N-dealkylation sites (tertiary alicyclic amines) is 1. The average molecular weight is 343 g/mol. The fourth-order valence-electron chi connectivity index (χ4n) is 3.70. The van der Waals surface area contributed by atoms with Crippen LogP contribution in [0.1, 0.15) is 31.2 Å². The predicted octanol–water partition coefficient (Wildman–Crippen LogP) is 1.54. The van der Waals surface area contributed by atoms with E-state index in [1.807, 2.05) is 43.3 Å². The zero-order chi connectivity index (χ0) is 18.0. The highest BCUT2D eigenvalue weighted by atomic mass is 16.2. The zero-order valence-electron chi connectivity index (χ0n) is 14.8. The summed E-state index contributed by atoms with van der Waals surface area (Å²) in [5.74, 6) is -1.03. The SMILES string of the molecule is CN(C)c1ccc(CNC(=O)CN2C(=O)C3CCCCC3C2=O)cc1. The van der Waals surface area contributed by atoms with E-state index >= 15 is 0 Å². The van der Waals surface area contributed by atoms with E-state index in [0.717, 1.165) is 41.8 Å². The molecule has 2 aliphatic rings. The normalized spacial score (nSPS) is 22.7. The van der Waals surface area contributed by atoms with Gasteiger partial charge in [-0.2, -0.15) is 0 Å². The second kappa shape index (κ2) is 7.25. The van der Waals surface area contributed by atoms with Crippen molar-refractivity contribution in [1.82, 2.24) is 10.2 Å². The van der Waals surface area contributed by atoms with Crippen LogP contribution in [-0.4, -0.2) is 43.3 Å². The summed E-state index contributed by atoms with van der Waals surface area (Å²) in [5, 5.41) is 2.80. The van der Waals surface area contributed by atoms with Gasteiger partial charge in [0.2, 0.25) is 17.7 Å². The zero-order valence-corrected chi connectivity index (χ0v) is 14.8. The van der Waals surface area contributed by atoms with Gasteiger partial charge < -0.3 is 10.2 Å². The van der Waals surface area contributed by atoms with E-state index in [9.17, 15) is 14.4 Å². The van der Waals surface area contributed by atoms with E-state index in [4.69, 9.17) is 0 Å². The number of hydrogen-bond donors (Lipinski definition) is 1. The first kappa shape index (κ1) is 17.5. The monoisotopic (exact) mass is 343 g/mol. The fourth-order valence-corrected chi connectivity index (χ4v) is 3.70. The number of carbonyl (C=O) groups is 3. The van der Waals surface area contributed by atoms with Crippen LogP contribution in [0.3, 0.4) is 0 Å². The highest BCUT2D eigenvalue weighted by Gasteiger charge is 2.48. The molecule has 1 saturated heterocycles. The molecule has 6 nitrogen and oxygen atoms in total. The predicted molar refractivity (Wildman–Crippen MR) is 94.8 cm³/mol. The van der Waals surface area contributed by atoms with E-state index < -0.39 is 0 Å². The molecule has 2 unspecified atom stereocenters. The van der Waals surface area contributed by atoms with Gasteiger partial charge in [-0.25, -0.2) is 0 Å². The Morgan fingerprint density at radius 1 is 1.08 bits per heavy atom. The molecule has 0 radical (unpaired) electrons. The Morgan fingerprint density at radius 2 is 1.64 bits per heavy atom. The first-order valence-corrected chi connectivity index (χ1v) is 8.85. The maximum absolute atomic E-state index is 12.4. The van der Waals surface area contributed by atoms with Crippen molar-refractivity contribution in [3.63, 3.8) is 0 Å². The summed E-state index contributed by atoms with van der Waals surface area (Å²) < 4.78 is 0. The molecule has 1 heterocycles. The lowest BCUT2D eigenvalue weighted by atomic mass is 9.81. The number of fused-ring (bicyclic) bond motifs is 1. The number of imide groups is 1. The minimum Gasteiger partial charge on any atom is -0.378 e. The van der Waals surface area contributed by atoms with Crippen LogP contribution in [0, 0.1) is 11.8 Å². The third-order valence-corrected chi connectivity index (χ3v) is 5.18. The van der Waals surface area contributed by atoms with Crippen molar-refractivity contribution < 1.29 is 14.4 Å². The van der Waals surface area contributed by atoms with Gasteiger partial charge >= 0.3 is 0 Å². The topological polar surface area (TPSA) is 69.7 Å². The molecule has 1 N–H and O–H groups in total. The third kappa shape index (κ3) is 3.67. The van der Waals surface area contributed by atoms with Crippen molar-refractivity contribution in [2.75, 3.05) is 25.5 Å². The largest absolute Gasteiger partial charge is 0.378 e. The summed E-state index contributed by atoms with van der Waals surface area (Å²) in [7, 11) is 3.94. The van der Waals surface area contributed by atoms with Gasteiger partial charge in [0, 0.05) is 26.3 Å². The Balaban J connectivity index is 1.54. The number of hydrogen-bond acceptors (Lipinski definition) is 4. The minimum absolute atomic E-state index is 0.166. The number of benzene rings is 1. The molecule has 1 aliphatic heterocycles. The first-order valence-electron chi connectivity index (χ1n) is 8.85. The van der Waals surface area contributed by atoms with Crippen LogP contribution in [0.5, 0.6) is 0 Å². The van der Waals surface area contributed by atoms with Gasteiger partial charge in [-0.15, -0.1) is 0 Å². The molecule has 1 saturated carbocycles. The smallest absolute Gasteiger partial charge is 0.240 e. The van der Waals surface area contributed by atoms with E-state index in [1.54, 1.807) is 0 Å². The van der Waals surface area contributed by atoms with Crippen molar-refractivity contribution in [1.29, 1.82) is 0 Å². The van der Waals surface area contributed by atoms with Gasteiger partial charge in [0.05, 0.1) is 11.8 Å². The highest BCUT2D eigenvalue weighted by Crippen LogP contribution is 2.37. The van der Waals surface area contributed by atoms with Crippen LogP contribution in [0.25, 0.3) is 0 Å². The van der Waals surface area contributed by atoms with Gasteiger partial charge in [0.15, 0.2) is 0 Å². The van der Waals surface area contributed by atoms with Crippen molar-refractivity contribution in [2.24, 2.45) is 11.8 Å². The summed E-state index contributed by atoms with van der Waals surface area (Å²) in [6.45, 7) is 0.218. The summed E-state index contributed by atoms with van der Waals surface area (Å²) in [5.41, 5.74) is 2.07. The lowest BCUT2D eigenvalue weighted by Crippen LogP contribution is -2.40. The molecule has 1 aliphatic carbocycles. The number of nitrogens with zero attached hydrogens (tertiary/aromatic N) is 2. The molecular formula is C19H25N3O3. The Kier molecular flexibility index (Phi) is 5.06. The van der Waals surface area contributed by atoms with Crippen molar-refractivity contribution in [3.05, 3.63) is 29.8 Å². The molecule has 2 fully saturated rings. The van der Waals surface area contributed by atoms with Gasteiger partial charge in [0.1, 0.15) is 6.54 Å². The molecule has 134 valence electrons. The first-order chi connectivity index (χ1) is 12.0. The molecule has 3 amide bonds. The Labute approximate surface area is 148 Å². The lowest BCUT2D eigenvalue weighted by Gasteiger charge is -2.19. The minimum atomic E-state index is -0.294. The molecule has 25 heavy (non-hydrogen) atoms. The summed E-state index contributed by atoms with van der Waals surface area (Å²) in [4.78, 5) is 40.1. The van der Waals surface area contributed by atoms with Crippen LogP contribution in [0.15, 0.2) is 24.3 Å². The van der Waals surface area contributed by atoms with E-state index in [1.165, 1.54) is 0 Å². The molecule has 2 atom stereocenters. The molecule has 0 bridgehead atoms. The molecule has 1 aromatic rings. The van der Waals surface area contributed by atoms with Gasteiger partial charge in [0.25, 0.3) is 0 Å². The Bertz CT molecular complexity index is 645. The number of anilines is 1. The second-order valence-corrected chi connectivity index (χ2v) is 7.10. The number of amides is 3. The van der Waals surface area contributed by atoms with Gasteiger partial charge in [-0.1, -0.05) is 25.0 Å². The van der Waals surface area contributed by atoms with E-state index in [-0.39, 0.29) is 36.1 Å². The number of rotatable bonds is 5. The average Bonchev–Trinajstić information content (AvgIpc) is 2.86. The maximum atomic E-state index is 12.4. The molecular weight excluding hydrogens is 318 g/mol. The van der Waals surface area contributed by atoms with E-state index in [0.29, 0.717) is 6.54 Å². The molecule has 6 heteroatoms. The fraction of sp³-hybridized carbons (Fsp3) is 0.526. The molecule has 1 aromatic carbocycles. The van der Waals surface area contributed by atoms with Gasteiger partial charge in [-0.3, -0.25) is 19.3 Å². The van der Waals surface area contributed by atoms with Crippen LogP contribution in [0.2, 0.25) is 0 Å². The molecule has 0 aromatic heterocycles. The van der Waals surface area contributed by atoms with E-state index in [2.05, 4.69) is 5.32 Å². The van der Waals surface area contributed by atoms with Crippen molar-refractivity contribution in [2.45, 2.75) is 32.2 Å². The summed E-state index contributed by atoms with van der Waals surface area (Å²) in [6, 6.07) is 7.88. The van der Waals surface area contributed by atoms with Gasteiger partial charge in [-0.05, 0) is 30.5 Å². The van der Waals surface area contributed by atoms with Crippen LogP contribution >= 0.6 is 0 Å². The molecule has 0 spiro atoms. The maximum Gasteiger partial charge on any atom is 0.240 e. The molecule has 3 rings (SSSR count). The lowest BCUT2D eigenvalue weighted by molar-refractivity contribution is -0.143. The number of nitrogens with one attached hydrogen (secondary N) is 1. The van der Waals surface area contributed by atoms with Crippen molar-refractivity contribution >= 4 is 23.4 Å². The second-order valence-electron chi connectivity index (χ2n) is 7.10. The van der Waals surface area contributed by atoms with Crippen molar-refractivity contribution in [3.8, 4) is 0 Å². The van der Waals surface area contributed by atoms with Crippen LogP contribution < -0.4 is 10.2 Å². The Morgan fingerprint density at radius 3 is 2.16 bits per heavy atom. The van der Waals surface area contributed by atoms with Crippen LogP contribution in [-0.2, 0) is 20.9 Å². The van der Waals surface area contributed by atoms with Crippen LogP contribution in [0.4, 0.5) is 5.69 Å². The third-order valence-electron chi connectivity index (χ3n) is 5.18. The summed E-state index contributed by atoms with van der Waals surface area (Å²) in [6.07, 6.45) is 3.52.